The third-order valence-electron chi connectivity index (χ3n) is 5.53. The van der Waals surface area contributed by atoms with E-state index in [9.17, 15) is 15.0 Å². The number of carboxylic acids is 1. The second kappa shape index (κ2) is 10.9. The molecule has 3 N–H and O–H groups in total. The van der Waals surface area contributed by atoms with Gasteiger partial charge in [0, 0.05) is 18.8 Å². The lowest BCUT2D eigenvalue weighted by Gasteiger charge is -2.28. The summed E-state index contributed by atoms with van der Waals surface area (Å²) in [5.74, 6) is -0.308. The van der Waals surface area contributed by atoms with Crippen LogP contribution in [0.15, 0.2) is 24.3 Å². The molecule has 0 aromatic rings. The van der Waals surface area contributed by atoms with Crippen LogP contribution in [0, 0.1) is 11.8 Å². The van der Waals surface area contributed by atoms with Gasteiger partial charge in [-0.3, -0.25) is 4.79 Å². The Hall–Kier alpha value is -1.17. The van der Waals surface area contributed by atoms with Crippen LogP contribution in [0.3, 0.4) is 0 Å². The number of ether oxygens (including phenoxy) is 1. The molecule has 0 aliphatic carbocycles. The molecule has 0 spiro atoms. The fourth-order valence-corrected chi connectivity index (χ4v) is 4.11. The number of carboxylic acid groups (broad SMARTS) is 1. The Morgan fingerprint density at radius 2 is 2.08 bits per heavy atom. The molecule has 26 heavy (non-hydrogen) atoms. The highest BCUT2D eigenvalue weighted by Crippen LogP contribution is 2.46. The monoisotopic (exact) mass is 366 g/mol. The first-order chi connectivity index (χ1) is 12.5. The summed E-state index contributed by atoms with van der Waals surface area (Å²) in [5, 5.41) is 28.9. The molecule has 0 amide bonds. The maximum absolute atomic E-state index is 10.5. The van der Waals surface area contributed by atoms with Crippen LogP contribution in [0.2, 0.25) is 0 Å². The number of hydrogen-bond donors (Lipinski definition) is 3. The highest BCUT2D eigenvalue weighted by Gasteiger charge is 2.51. The minimum absolute atomic E-state index is 0.0412. The first kappa shape index (κ1) is 21.1. The third-order valence-corrected chi connectivity index (χ3v) is 5.53. The summed E-state index contributed by atoms with van der Waals surface area (Å²) in [6.45, 7) is 2.15. The van der Waals surface area contributed by atoms with Crippen LogP contribution in [-0.4, -0.2) is 45.7 Å². The summed E-state index contributed by atoms with van der Waals surface area (Å²) in [5.41, 5.74) is 0. The SMILES string of the molecule is CCCCCC(O)/C=C/[C@@H]1[C@H](C/C=C\CCCC(=O)O)[C@H]2O[C@@H]1C[C@H]2O. The molecule has 0 aromatic heterocycles. The van der Waals surface area contributed by atoms with E-state index < -0.39 is 18.2 Å². The van der Waals surface area contributed by atoms with Crippen molar-refractivity contribution in [2.24, 2.45) is 11.8 Å². The number of fused-ring (bicyclic) bond motifs is 2. The molecule has 5 nitrogen and oxygen atoms in total. The van der Waals surface area contributed by atoms with Crippen LogP contribution < -0.4 is 0 Å². The molecule has 2 fully saturated rings. The summed E-state index contributed by atoms with van der Waals surface area (Å²) in [7, 11) is 0. The molecule has 2 bridgehead atoms. The predicted molar refractivity (Wildman–Crippen MR) is 101 cm³/mol. The normalized spacial score (nSPS) is 32.0. The van der Waals surface area contributed by atoms with Crippen molar-refractivity contribution in [1.82, 2.24) is 0 Å². The summed E-state index contributed by atoms with van der Waals surface area (Å²) in [4.78, 5) is 10.5. The molecule has 1 unspecified atom stereocenters. The number of aliphatic hydroxyl groups is 2. The van der Waals surface area contributed by atoms with E-state index in [1.807, 2.05) is 12.2 Å². The van der Waals surface area contributed by atoms with Gasteiger partial charge in [0.1, 0.15) is 0 Å². The Balaban J connectivity index is 1.84. The lowest BCUT2D eigenvalue weighted by Crippen LogP contribution is -2.35. The Morgan fingerprint density at radius 3 is 2.81 bits per heavy atom. The van der Waals surface area contributed by atoms with Gasteiger partial charge in [0.2, 0.25) is 0 Å². The van der Waals surface area contributed by atoms with Crippen molar-refractivity contribution in [3.8, 4) is 0 Å². The highest BCUT2D eigenvalue weighted by molar-refractivity contribution is 5.66. The van der Waals surface area contributed by atoms with Gasteiger partial charge in [-0.15, -0.1) is 0 Å². The smallest absolute Gasteiger partial charge is 0.303 e. The predicted octanol–water partition coefficient (Wildman–Crippen LogP) is 3.45. The van der Waals surface area contributed by atoms with E-state index in [0.717, 1.165) is 38.5 Å². The summed E-state index contributed by atoms with van der Waals surface area (Å²) < 4.78 is 5.96. The average Bonchev–Trinajstić information content (AvgIpc) is 3.13. The number of hydrogen-bond acceptors (Lipinski definition) is 4. The standard InChI is InChI=1S/C21H34O5/c1-2-3-6-9-15(22)12-13-16-17(21-18(23)14-19(16)26-21)10-7-4-5-8-11-20(24)25/h4,7,12-13,15-19,21-23H,2-3,5-6,8-11,14H2,1H3,(H,24,25)/b7-4-,13-12+/t15?,16-,17+,18-,19-,21-/m1/s1. The quantitative estimate of drug-likeness (QED) is 0.364. The molecule has 5 heteroatoms. The van der Waals surface area contributed by atoms with E-state index in [1.54, 1.807) is 0 Å². The Morgan fingerprint density at radius 1 is 1.27 bits per heavy atom. The summed E-state index contributed by atoms with van der Waals surface area (Å²) in [6, 6.07) is 0. The van der Waals surface area contributed by atoms with Crippen molar-refractivity contribution in [3.63, 3.8) is 0 Å². The fraction of sp³-hybridized carbons (Fsp3) is 0.762. The molecule has 2 saturated heterocycles. The number of allylic oxidation sites excluding steroid dienone is 2. The Labute approximate surface area is 156 Å². The first-order valence-corrected chi connectivity index (χ1v) is 10.1. The minimum atomic E-state index is -0.759. The van der Waals surface area contributed by atoms with Gasteiger partial charge >= 0.3 is 5.97 Å². The molecule has 2 aliphatic heterocycles. The largest absolute Gasteiger partial charge is 0.481 e. The Kier molecular flexibility index (Phi) is 8.82. The zero-order valence-corrected chi connectivity index (χ0v) is 15.8. The molecule has 6 atom stereocenters. The van der Waals surface area contributed by atoms with Crippen LogP contribution in [0.1, 0.15) is 64.7 Å². The van der Waals surface area contributed by atoms with E-state index in [0.29, 0.717) is 12.8 Å². The van der Waals surface area contributed by atoms with Crippen LogP contribution >= 0.6 is 0 Å². The van der Waals surface area contributed by atoms with Gasteiger partial charge in [-0.1, -0.05) is 50.5 Å². The van der Waals surface area contributed by atoms with Gasteiger partial charge in [0.05, 0.1) is 24.4 Å². The highest BCUT2D eigenvalue weighted by atomic mass is 16.5. The average molecular weight is 366 g/mol. The van der Waals surface area contributed by atoms with Crippen molar-refractivity contribution in [2.45, 2.75) is 89.1 Å². The molecule has 2 aliphatic rings. The van der Waals surface area contributed by atoms with E-state index in [4.69, 9.17) is 9.84 Å². The van der Waals surface area contributed by atoms with E-state index in [-0.39, 0.29) is 30.5 Å². The summed E-state index contributed by atoms with van der Waals surface area (Å²) >= 11 is 0. The van der Waals surface area contributed by atoms with Crippen LogP contribution in [0.4, 0.5) is 0 Å². The lowest BCUT2D eigenvalue weighted by atomic mass is 9.76. The molecule has 2 rings (SSSR count). The van der Waals surface area contributed by atoms with Crippen molar-refractivity contribution in [2.75, 3.05) is 0 Å². The van der Waals surface area contributed by atoms with Crippen molar-refractivity contribution < 1.29 is 24.9 Å². The van der Waals surface area contributed by atoms with Crippen LogP contribution in [0.25, 0.3) is 0 Å². The maximum Gasteiger partial charge on any atom is 0.303 e. The third kappa shape index (κ3) is 6.22. The molecule has 0 aromatic carbocycles. The number of rotatable bonds is 12. The number of unbranched alkanes of at least 4 members (excludes halogenated alkanes) is 3. The van der Waals surface area contributed by atoms with E-state index in [1.165, 1.54) is 0 Å². The molecular weight excluding hydrogens is 332 g/mol. The van der Waals surface area contributed by atoms with E-state index in [2.05, 4.69) is 19.1 Å². The van der Waals surface area contributed by atoms with Crippen molar-refractivity contribution in [3.05, 3.63) is 24.3 Å². The second-order valence-electron chi connectivity index (χ2n) is 7.62. The number of aliphatic carboxylic acids is 1. The van der Waals surface area contributed by atoms with Crippen LogP contribution in [-0.2, 0) is 9.53 Å². The second-order valence-corrected chi connectivity index (χ2v) is 7.62. The van der Waals surface area contributed by atoms with Crippen molar-refractivity contribution >= 4 is 5.97 Å². The molecule has 0 radical (unpaired) electrons. The van der Waals surface area contributed by atoms with E-state index >= 15 is 0 Å². The molecule has 0 saturated carbocycles. The first-order valence-electron chi connectivity index (χ1n) is 10.1. The van der Waals surface area contributed by atoms with Gasteiger partial charge < -0.3 is 20.1 Å². The molecule has 148 valence electrons. The van der Waals surface area contributed by atoms with Gasteiger partial charge in [0.25, 0.3) is 0 Å². The number of aliphatic hydroxyl groups excluding tert-OH is 2. The molecular formula is C21H34O5. The lowest BCUT2D eigenvalue weighted by molar-refractivity contribution is -0.137. The van der Waals surface area contributed by atoms with Gasteiger partial charge in [-0.25, -0.2) is 0 Å². The van der Waals surface area contributed by atoms with Crippen LogP contribution in [0.5, 0.6) is 0 Å². The minimum Gasteiger partial charge on any atom is -0.481 e. The molecule has 2 heterocycles. The zero-order valence-electron chi connectivity index (χ0n) is 15.8. The van der Waals surface area contributed by atoms with Gasteiger partial charge in [-0.05, 0) is 31.6 Å². The van der Waals surface area contributed by atoms with Gasteiger partial charge in [0.15, 0.2) is 0 Å². The van der Waals surface area contributed by atoms with Gasteiger partial charge in [-0.2, -0.15) is 0 Å². The number of carbonyl (C=O) groups is 1. The maximum atomic E-state index is 10.5. The summed E-state index contributed by atoms with van der Waals surface area (Å²) in [6.07, 6.45) is 14.4. The Bertz CT molecular complexity index is 487. The fourth-order valence-electron chi connectivity index (χ4n) is 4.11. The van der Waals surface area contributed by atoms with Crippen molar-refractivity contribution in [1.29, 1.82) is 0 Å². The topological polar surface area (TPSA) is 87.0 Å². The zero-order chi connectivity index (χ0) is 18.9.